The first-order valence-corrected chi connectivity index (χ1v) is 19.2. The van der Waals surface area contributed by atoms with Crippen molar-refractivity contribution in [3.63, 3.8) is 0 Å². The zero-order valence-corrected chi connectivity index (χ0v) is 31.0. The second kappa shape index (κ2) is 18.8. The Bertz CT molecular complexity index is 1840. The van der Waals surface area contributed by atoms with Crippen LogP contribution < -0.4 is 10.6 Å². The Labute approximate surface area is 315 Å². The Morgan fingerprint density at radius 1 is 0.774 bits per heavy atom. The van der Waals surface area contributed by atoms with Crippen molar-refractivity contribution in [3.8, 4) is 22.6 Å². The molecule has 3 N–H and O–H groups in total. The first-order valence-electron chi connectivity index (χ1n) is 18.2. The number of aliphatic hydroxyl groups excluding tert-OH is 1. The van der Waals surface area contributed by atoms with Crippen LogP contribution in [0.2, 0.25) is 0 Å². The average molecular weight is 734 g/mol. The average Bonchev–Trinajstić information content (AvgIpc) is 3.63. The summed E-state index contributed by atoms with van der Waals surface area (Å²) in [5.41, 5.74) is 6.47. The summed E-state index contributed by atoms with van der Waals surface area (Å²) in [4.78, 5) is 28.4. The van der Waals surface area contributed by atoms with Gasteiger partial charge in [0.15, 0.2) is 12.1 Å². The fraction of sp³-hybridized carbons (Fsp3) is 0.326. The number of unbranched alkanes of at least 4 members (excludes halogenated alkanes) is 2. The van der Waals surface area contributed by atoms with Crippen molar-refractivity contribution in [2.45, 2.75) is 76.4 Å². The van der Waals surface area contributed by atoms with Gasteiger partial charge in [0.25, 0.3) is 5.22 Å². The summed E-state index contributed by atoms with van der Waals surface area (Å²) in [7, 11) is 0. The summed E-state index contributed by atoms with van der Waals surface area (Å²) in [5.74, 6) is 1.29. The Balaban J connectivity index is 1.14. The van der Waals surface area contributed by atoms with E-state index in [1.54, 1.807) is 0 Å². The van der Waals surface area contributed by atoms with E-state index in [2.05, 4.69) is 17.6 Å². The van der Waals surface area contributed by atoms with Gasteiger partial charge >= 0.3 is 0 Å². The minimum absolute atomic E-state index is 0.00392. The lowest BCUT2D eigenvalue weighted by Gasteiger charge is -2.41. The molecule has 4 unspecified atom stereocenters. The second-order valence-electron chi connectivity index (χ2n) is 13.3. The van der Waals surface area contributed by atoms with Crippen LogP contribution in [0.4, 0.5) is 0 Å². The number of oxazole rings is 1. The van der Waals surface area contributed by atoms with E-state index in [0.717, 1.165) is 64.1 Å². The first-order chi connectivity index (χ1) is 25.9. The molecule has 5 aromatic rings. The van der Waals surface area contributed by atoms with Crippen LogP contribution >= 0.6 is 11.8 Å². The maximum atomic E-state index is 12.4. The molecule has 0 bridgehead atoms. The van der Waals surface area contributed by atoms with Gasteiger partial charge in [0, 0.05) is 54.8 Å². The largest absolute Gasteiger partial charge is 0.431 e. The fourth-order valence-electron chi connectivity index (χ4n) is 6.34. The Kier molecular flexibility index (Phi) is 13.5. The molecular weight excluding hydrogens is 687 g/mol. The van der Waals surface area contributed by atoms with E-state index in [-0.39, 0.29) is 36.5 Å². The van der Waals surface area contributed by atoms with Crippen LogP contribution in [-0.4, -0.2) is 40.3 Å². The van der Waals surface area contributed by atoms with Crippen molar-refractivity contribution in [3.05, 3.63) is 131 Å². The van der Waals surface area contributed by atoms with Crippen LogP contribution in [0.25, 0.3) is 22.6 Å². The molecule has 0 radical (unpaired) electrons. The number of thioether (sulfide) groups is 1. The third kappa shape index (κ3) is 10.4. The lowest BCUT2D eigenvalue weighted by Crippen LogP contribution is -2.38. The SMILES string of the molecule is CC(=O)NCCCCCC(=O)NCc1ccc(C2OC(CSc3nc(-c4ccccc4)c(-c4ccccc4)o3)C(C)C(c3ccc(CO)cc3)O2)cc1. The predicted octanol–water partition coefficient (Wildman–Crippen LogP) is 8.40. The van der Waals surface area contributed by atoms with Gasteiger partial charge in [-0.2, -0.15) is 0 Å². The summed E-state index contributed by atoms with van der Waals surface area (Å²) in [6.45, 7) is 4.69. The molecule has 276 valence electrons. The lowest BCUT2D eigenvalue weighted by molar-refractivity contribution is -0.268. The van der Waals surface area contributed by atoms with Crippen LogP contribution in [0.3, 0.4) is 0 Å². The van der Waals surface area contributed by atoms with Crippen molar-refractivity contribution in [1.82, 2.24) is 15.6 Å². The van der Waals surface area contributed by atoms with Crippen molar-refractivity contribution >= 4 is 23.6 Å². The maximum absolute atomic E-state index is 12.4. The number of benzene rings is 4. The summed E-state index contributed by atoms with van der Waals surface area (Å²) >= 11 is 1.53. The van der Waals surface area contributed by atoms with E-state index in [4.69, 9.17) is 18.9 Å². The number of carbonyl (C=O) groups is 2. The van der Waals surface area contributed by atoms with E-state index >= 15 is 0 Å². The minimum Gasteiger partial charge on any atom is -0.431 e. The van der Waals surface area contributed by atoms with Crippen molar-refractivity contribution in [2.24, 2.45) is 5.92 Å². The van der Waals surface area contributed by atoms with Gasteiger partial charge in [-0.3, -0.25) is 9.59 Å². The highest BCUT2D eigenvalue weighted by molar-refractivity contribution is 7.99. The van der Waals surface area contributed by atoms with Crippen LogP contribution in [-0.2, 0) is 32.2 Å². The van der Waals surface area contributed by atoms with Gasteiger partial charge in [-0.15, -0.1) is 0 Å². The molecule has 4 aromatic carbocycles. The summed E-state index contributed by atoms with van der Waals surface area (Å²) < 4.78 is 19.8. The number of carbonyl (C=O) groups excluding carboxylic acids is 2. The summed E-state index contributed by atoms with van der Waals surface area (Å²) in [6.07, 6.45) is 1.90. The number of nitrogens with one attached hydrogen (secondary N) is 2. The van der Waals surface area contributed by atoms with Gasteiger partial charge in [0.1, 0.15) is 5.69 Å². The van der Waals surface area contributed by atoms with Gasteiger partial charge in [0.2, 0.25) is 11.8 Å². The smallest absolute Gasteiger partial charge is 0.256 e. The highest BCUT2D eigenvalue weighted by Crippen LogP contribution is 2.44. The molecule has 1 aromatic heterocycles. The molecule has 10 heteroatoms. The molecular formula is C43H47N3O6S. The monoisotopic (exact) mass is 733 g/mol. The molecule has 1 fully saturated rings. The van der Waals surface area contributed by atoms with Gasteiger partial charge in [0.05, 0.1) is 18.8 Å². The quantitative estimate of drug-likeness (QED) is 0.0683. The molecule has 1 saturated heterocycles. The summed E-state index contributed by atoms with van der Waals surface area (Å²) in [6, 6.07) is 36.0. The van der Waals surface area contributed by atoms with Crippen LogP contribution in [0, 0.1) is 5.92 Å². The number of rotatable bonds is 16. The number of nitrogens with zero attached hydrogens (tertiary/aromatic N) is 1. The molecule has 6 rings (SSSR count). The number of hydrogen-bond donors (Lipinski definition) is 3. The van der Waals surface area contributed by atoms with Crippen molar-refractivity contribution in [2.75, 3.05) is 12.3 Å². The first kappa shape index (κ1) is 38.0. The Morgan fingerprint density at radius 2 is 1.43 bits per heavy atom. The van der Waals surface area contributed by atoms with E-state index in [0.29, 0.717) is 30.5 Å². The predicted molar refractivity (Wildman–Crippen MR) is 207 cm³/mol. The van der Waals surface area contributed by atoms with Gasteiger partial charge in [-0.05, 0) is 29.5 Å². The molecule has 2 heterocycles. The molecule has 0 aliphatic carbocycles. The zero-order chi connectivity index (χ0) is 37.0. The van der Waals surface area contributed by atoms with Crippen molar-refractivity contribution in [1.29, 1.82) is 0 Å². The van der Waals surface area contributed by atoms with Crippen LogP contribution in [0.15, 0.2) is 119 Å². The Hall–Kier alpha value is -4.74. The number of aromatic nitrogens is 1. The number of ether oxygens (including phenoxy) is 2. The number of amides is 2. The third-order valence-corrected chi connectivity index (χ3v) is 10.3. The number of aliphatic hydroxyl groups is 1. The zero-order valence-electron chi connectivity index (χ0n) is 30.2. The highest BCUT2D eigenvalue weighted by atomic mass is 32.2. The Morgan fingerprint density at radius 3 is 2.11 bits per heavy atom. The van der Waals surface area contributed by atoms with E-state index < -0.39 is 6.29 Å². The topological polar surface area (TPSA) is 123 Å². The van der Waals surface area contributed by atoms with Crippen molar-refractivity contribution < 1.29 is 28.6 Å². The minimum atomic E-state index is -0.621. The maximum Gasteiger partial charge on any atom is 0.256 e. The highest BCUT2D eigenvalue weighted by Gasteiger charge is 2.38. The molecule has 1 aliphatic rings. The van der Waals surface area contributed by atoms with E-state index in [1.165, 1.54) is 18.7 Å². The lowest BCUT2D eigenvalue weighted by atomic mass is 9.91. The molecule has 1 aliphatic heterocycles. The summed E-state index contributed by atoms with van der Waals surface area (Å²) in [5, 5.41) is 16.0. The molecule has 9 nitrogen and oxygen atoms in total. The molecule has 53 heavy (non-hydrogen) atoms. The molecule has 0 saturated carbocycles. The van der Waals surface area contributed by atoms with Gasteiger partial charge < -0.3 is 29.6 Å². The fourth-order valence-corrected chi connectivity index (χ4v) is 7.32. The second-order valence-corrected chi connectivity index (χ2v) is 14.3. The van der Waals surface area contributed by atoms with Gasteiger partial charge in [-0.1, -0.05) is 134 Å². The van der Waals surface area contributed by atoms with Crippen LogP contribution in [0.1, 0.15) is 74.2 Å². The molecule has 4 atom stereocenters. The normalized spacial score (nSPS) is 18.4. The molecule has 2 amide bonds. The van der Waals surface area contributed by atoms with E-state index in [1.807, 2.05) is 109 Å². The van der Waals surface area contributed by atoms with Gasteiger partial charge in [-0.25, -0.2) is 4.98 Å². The molecule has 0 spiro atoms. The van der Waals surface area contributed by atoms with Crippen LogP contribution in [0.5, 0.6) is 0 Å². The third-order valence-electron chi connectivity index (χ3n) is 9.38. The van der Waals surface area contributed by atoms with E-state index in [9.17, 15) is 14.7 Å². The standard InChI is InChI=1S/C43H47N3O6S/c1-29-37(28-53-43-46-39(33-12-6-3-7-13-33)41(52-43)34-14-8-4-9-15-34)50-42(51-40(29)35-21-19-32(27-47)20-22-35)36-23-17-31(18-24-36)26-45-38(49)16-10-5-11-25-44-30(2)48/h3-4,6-9,12-15,17-24,29,37,40,42,47H,5,10-11,16,25-28H2,1-2H3,(H,44,48)(H,45,49). The number of hydrogen-bond acceptors (Lipinski definition) is 8.